The number of hydrogen-bond acceptors (Lipinski definition) is 4. The molecule has 0 amide bonds. The minimum Gasteiger partial charge on any atom is -0.494 e. The molecule has 0 atom stereocenters. The highest BCUT2D eigenvalue weighted by atomic mass is 16.5. The summed E-state index contributed by atoms with van der Waals surface area (Å²) in [5, 5.41) is 8.92. The van der Waals surface area contributed by atoms with Gasteiger partial charge in [-0.1, -0.05) is 0 Å². The van der Waals surface area contributed by atoms with Crippen molar-refractivity contribution in [2.45, 2.75) is 26.7 Å². The monoisotopic (exact) mass is 318 g/mol. The van der Waals surface area contributed by atoms with Crippen molar-refractivity contribution in [1.82, 2.24) is 4.98 Å². The predicted octanol–water partition coefficient (Wildman–Crippen LogP) is 3.08. The van der Waals surface area contributed by atoms with Crippen LogP contribution in [0.2, 0.25) is 0 Å². The predicted molar refractivity (Wildman–Crippen MR) is 88.9 cm³/mol. The van der Waals surface area contributed by atoms with Crippen molar-refractivity contribution in [3.8, 4) is 22.6 Å². The normalized spacial score (nSPS) is 10.5. The number of carbonyl (C=O) groups is 1. The van der Waals surface area contributed by atoms with Crippen molar-refractivity contribution in [1.29, 1.82) is 0 Å². The molecule has 0 aliphatic carbocycles. The van der Waals surface area contributed by atoms with Gasteiger partial charge in [-0.3, -0.25) is 4.79 Å². The van der Waals surface area contributed by atoms with Crippen LogP contribution in [0.5, 0.6) is 11.5 Å². The highest BCUT2D eigenvalue weighted by Gasteiger charge is 2.17. The van der Waals surface area contributed by atoms with Gasteiger partial charge in [-0.2, -0.15) is 0 Å². The Bertz CT molecular complexity index is 679. The molecule has 1 heterocycles. The molecule has 23 heavy (non-hydrogen) atoms. The summed E-state index contributed by atoms with van der Waals surface area (Å²) in [4.78, 5) is 13.8. The van der Waals surface area contributed by atoms with Gasteiger partial charge in [0.15, 0.2) is 0 Å². The van der Waals surface area contributed by atoms with Crippen molar-refractivity contribution in [2.24, 2.45) is 0 Å². The molecular weight excluding hydrogens is 296 g/mol. The van der Waals surface area contributed by atoms with Crippen molar-refractivity contribution >= 4 is 11.8 Å². The maximum absolute atomic E-state index is 10.9. The van der Waals surface area contributed by atoms with Crippen molar-refractivity contribution in [2.75, 3.05) is 18.9 Å². The maximum Gasteiger partial charge on any atom is 0.303 e. The number of anilines is 1. The molecule has 0 saturated carbocycles. The summed E-state index contributed by atoms with van der Waals surface area (Å²) >= 11 is 0. The summed E-state index contributed by atoms with van der Waals surface area (Å²) < 4.78 is 11.2. The number of aromatic amines is 1. The lowest BCUT2D eigenvalue weighted by Crippen LogP contribution is -2.01. The summed E-state index contributed by atoms with van der Waals surface area (Å²) in [6.45, 7) is 4.93. The number of H-pyrrole nitrogens is 1. The highest BCUT2D eigenvalue weighted by Crippen LogP contribution is 2.37. The van der Waals surface area contributed by atoms with E-state index in [0.717, 1.165) is 22.4 Å². The number of nitrogens with two attached hydrogens (primary N) is 1. The molecule has 0 aliphatic rings. The van der Waals surface area contributed by atoms with E-state index in [1.165, 1.54) is 0 Å². The first kappa shape index (κ1) is 16.7. The lowest BCUT2D eigenvalue weighted by Gasteiger charge is -2.13. The maximum atomic E-state index is 10.9. The molecule has 6 heteroatoms. The lowest BCUT2D eigenvalue weighted by atomic mass is 9.99. The number of aromatic nitrogens is 1. The second-order valence-electron chi connectivity index (χ2n) is 5.01. The molecule has 0 unspecified atom stereocenters. The second kappa shape index (κ2) is 7.58. The first-order valence-corrected chi connectivity index (χ1v) is 7.64. The number of benzene rings is 1. The van der Waals surface area contributed by atoms with Crippen LogP contribution in [0.3, 0.4) is 0 Å². The third-order valence-corrected chi connectivity index (χ3v) is 3.46. The fourth-order valence-electron chi connectivity index (χ4n) is 2.47. The van der Waals surface area contributed by atoms with E-state index in [1.54, 1.807) is 6.20 Å². The molecule has 4 N–H and O–H groups in total. The Morgan fingerprint density at radius 2 is 1.96 bits per heavy atom. The van der Waals surface area contributed by atoms with Crippen LogP contribution in [0, 0.1) is 0 Å². The van der Waals surface area contributed by atoms with Gasteiger partial charge in [0.2, 0.25) is 0 Å². The Morgan fingerprint density at radius 1 is 1.22 bits per heavy atom. The molecule has 0 saturated heterocycles. The molecule has 0 radical (unpaired) electrons. The molecule has 0 bridgehead atoms. The van der Waals surface area contributed by atoms with E-state index < -0.39 is 5.97 Å². The molecule has 0 fully saturated rings. The third kappa shape index (κ3) is 3.97. The summed E-state index contributed by atoms with van der Waals surface area (Å²) in [5.74, 6) is 1.07. The van der Waals surface area contributed by atoms with Gasteiger partial charge >= 0.3 is 5.97 Å². The number of carboxylic acids is 1. The van der Waals surface area contributed by atoms with E-state index in [9.17, 15) is 4.79 Å². The van der Waals surface area contributed by atoms with E-state index in [-0.39, 0.29) is 6.42 Å². The minimum absolute atomic E-state index is 0.0180. The Labute approximate surface area is 135 Å². The van der Waals surface area contributed by atoms with Gasteiger partial charge < -0.3 is 25.3 Å². The number of ether oxygens (including phenoxy) is 2. The van der Waals surface area contributed by atoms with Crippen LogP contribution in [0.25, 0.3) is 11.1 Å². The van der Waals surface area contributed by atoms with Crippen LogP contribution in [0.4, 0.5) is 5.82 Å². The third-order valence-electron chi connectivity index (χ3n) is 3.46. The van der Waals surface area contributed by atoms with Crippen LogP contribution in [0.15, 0.2) is 24.4 Å². The molecule has 0 aliphatic heterocycles. The minimum atomic E-state index is -0.857. The molecule has 2 aromatic rings. The van der Waals surface area contributed by atoms with Crippen LogP contribution in [0.1, 0.15) is 25.8 Å². The standard InChI is InChI=1S/C17H22N2O4/c1-3-22-11-5-7-15(23-4-2)13(9-11)14-10-19-17(18)12(14)6-8-16(20)21/h5,7,9-10,19H,3-4,6,8,18H2,1-2H3,(H,20,21). The fourth-order valence-corrected chi connectivity index (χ4v) is 2.47. The van der Waals surface area contributed by atoms with E-state index in [2.05, 4.69) is 4.98 Å². The zero-order valence-corrected chi connectivity index (χ0v) is 13.4. The average Bonchev–Trinajstić information content (AvgIpc) is 2.88. The molecule has 1 aromatic heterocycles. The molecular formula is C17H22N2O4. The SMILES string of the molecule is CCOc1ccc(OCC)c(-c2c[nH]c(N)c2CCC(=O)O)c1. The highest BCUT2D eigenvalue weighted by molar-refractivity contribution is 5.79. The van der Waals surface area contributed by atoms with Crippen molar-refractivity contribution in [3.05, 3.63) is 30.0 Å². The van der Waals surface area contributed by atoms with Crippen LogP contribution in [-0.4, -0.2) is 29.3 Å². The van der Waals surface area contributed by atoms with E-state index in [1.807, 2.05) is 32.0 Å². The van der Waals surface area contributed by atoms with Crippen LogP contribution in [-0.2, 0) is 11.2 Å². The van der Waals surface area contributed by atoms with Crippen molar-refractivity contribution in [3.63, 3.8) is 0 Å². The summed E-state index contributed by atoms with van der Waals surface area (Å²) in [6.07, 6.45) is 2.15. The smallest absolute Gasteiger partial charge is 0.303 e. The number of nitrogen functional groups attached to an aromatic ring is 1. The largest absolute Gasteiger partial charge is 0.494 e. The summed E-state index contributed by atoms with van der Waals surface area (Å²) in [7, 11) is 0. The second-order valence-corrected chi connectivity index (χ2v) is 5.01. The topological polar surface area (TPSA) is 97.6 Å². The molecule has 0 spiro atoms. The number of rotatable bonds is 8. The Morgan fingerprint density at radius 3 is 2.61 bits per heavy atom. The van der Waals surface area contributed by atoms with Gasteiger partial charge in [-0.05, 0) is 38.5 Å². The van der Waals surface area contributed by atoms with Gasteiger partial charge in [0.25, 0.3) is 0 Å². The van der Waals surface area contributed by atoms with Crippen LogP contribution >= 0.6 is 0 Å². The first-order chi connectivity index (χ1) is 11.1. The van der Waals surface area contributed by atoms with Crippen molar-refractivity contribution < 1.29 is 19.4 Å². The molecule has 124 valence electrons. The zero-order chi connectivity index (χ0) is 16.8. The van der Waals surface area contributed by atoms with E-state index in [4.69, 9.17) is 20.3 Å². The Balaban J connectivity index is 2.46. The molecule has 1 aromatic carbocycles. The first-order valence-electron chi connectivity index (χ1n) is 7.64. The quantitative estimate of drug-likeness (QED) is 0.695. The molecule has 6 nitrogen and oxygen atoms in total. The average molecular weight is 318 g/mol. The number of hydrogen-bond donors (Lipinski definition) is 3. The van der Waals surface area contributed by atoms with E-state index in [0.29, 0.717) is 31.2 Å². The zero-order valence-electron chi connectivity index (χ0n) is 13.4. The number of carboxylic acid groups (broad SMARTS) is 1. The van der Waals surface area contributed by atoms with Gasteiger partial charge in [0, 0.05) is 29.3 Å². The van der Waals surface area contributed by atoms with Gasteiger partial charge in [-0.15, -0.1) is 0 Å². The Kier molecular flexibility index (Phi) is 5.51. The van der Waals surface area contributed by atoms with Gasteiger partial charge in [0.05, 0.1) is 13.2 Å². The lowest BCUT2D eigenvalue weighted by molar-refractivity contribution is -0.136. The van der Waals surface area contributed by atoms with Gasteiger partial charge in [0.1, 0.15) is 17.3 Å². The fraction of sp³-hybridized carbons (Fsp3) is 0.353. The molecule has 2 rings (SSSR count). The Hall–Kier alpha value is -2.63. The van der Waals surface area contributed by atoms with Crippen LogP contribution < -0.4 is 15.2 Å². The number of nitrogens with one attached hydrogen (secondary N) is 1. The summed E-state index contributed by atoms with van der Waals surface area (Å²) in [6, 6.07) is 5.60. The van der Waals surface area contributed by atoms with Gasteiger partial charge in [-0.25, -0.2) is 0 Å². The summed E-state index contributed by atoms with van der Waals surface area (Å²) in [5.41, 5.74) is 8.43. The number of aliphatic carboxylic acids is 1. The van der Waals surface area contributed by atoms with E-state index >= 15 is 0 Å².